The average Bonchev–Trinajstić information content (AvgIpc) is 2.71. The van der Waals surface area contributed by atoms with Gasteiger partial charge in [0.25, 0.3) is 6.43 Å². The number of aryl methyl sites for hydroxylation is 2. The van der Waals surface area contributed by atoms with Crippen LogP contribution in [0.4, 0.5) is 8.78 Å². The first-order valence-electron chi connectivity index (χ1n) is 5.25. The summed E-state index contributed by atoms with van der Waals surface area (Å²) < 4.78 is 28.8. The maximum atomic E-state index is 12.0. The van der Waals surface area contributed by atoms with Crippen molar-refractivity contribution in [3.8, 4) is 5.88 Å². The fourth-order valence-electron chi connectivity index (χ4n) is 1.86. The summed E-state index contributed by atoms with van der Waals surface area (Å²) in [5.41, 5.74) is 1.47. The van der Waals surface area contributed by atoms with E-state index in [-0.39, 0.29) is 11.4 Å². The largest absolute Gasteiger partial charge is 0.477 e. The number of carboxylic acid groups (broad SMARTS) is 1. The normalized spacial score (nSPS) is 13.8. The number of ether oxygens (including phenoxy) is 1. The van der Waals surface area contributed by atoms with Crippen LogP contribution in [0, 0.1) is 0 Å². The van der Waals surface area contributed by atoms with Gasteiger partial charge in [-0.1, -0.05) is 0 Å². The number of hydrogen-bond acceptors (Lipinski definition) is 3. The molecule has 4 nitrogen and oxygen atoms in total. The molecule has 1 N–H and O–H groups in total. The van der Waals surface area contributed by atoms with E-state index in [4.69, 9.17) is 9.84 Å². The van der Waals surface area contributed by atoms with Gasteiger partial charge in [0.05, 0.1) is 0 Å². The SMILES string of the molecule is O=C(O)c1cc2c(nc1OCC(F)F)CCC2. The summed E-state index contributed by atoms with van der Waals surface area (Å²) in [6.07, 6.45) is -0.232. The number of rotatable bonds is 4. The minimum Gasteiger partial charge on any atom is -0.477 e. The second kappa shape index (κ2) is 4.65. The summed E-state index contributed by atoms with van der Waals surface area (Å²) >= 11 is 0. The number of aromatic nitrogens is 1. The number of carboxylic acids is 1. The van der Waals surface area contributed by atoms with E-state index in [1.54, 1.807) is 0 Å². The van der Waals surface area contributed by atoms with E-state index in [1.165, 1.54) is 6.07 Å². The van der Waals surface area contributed by atoms with Crippen LogP contribution in [0.3, 0.4) is 0 Å². The summed E-state index contributed by atoms with van der Waals surface area (Å²) in [4.78, 5) is 15.0. The van der Waals surface area contributed by atoms with Crippen molar-refractivity contribution in [2.24, 2.45) is 0 Å². The Morgan fingerprint density at radius 3 is 2.94 bits per heavy atom. The lowest BCUT2D eigenvalue weighted by molar-refractivity contribution is 0.0656. The van der Waals surface area contributed by atoms with Crippen molar-refractivity contribution in [1.82, 2.24) is 4.98 Å². The monoisotopic (exact) mass is 243 g/mol. The molecule has 1 aromatic rings. The molecule has 0 saturated carbocycles. The number of carbonyl (C=O) groups is 1. The third kappa shape index (κ3) is 2.51. The van der Waals surface area contributed by atoms with Gasteiger partial charge < -0.3 is 9.84 Å². The van der Waals surface area contributed by atoms with Crippen LogP contribution in [0.5, 0.6) is 5.88 Å². The number of nitrogens with zero attached hydrogens (tertiary/aromatic N) is 1. The van der Waals surface area contributed by atoms with Gasteiger partial charge >= 0.3 is 5.97 Å². The zero-order valence-corrected chi connectivity index (χ0v) is 8.95. The van der Waals surface area contributed by atoms with Gasteiger partial charge in [0, 0.05) is 5.69 Å². The van der Waals surface area contributed by atoms with Gasteiger partial charge in [0.2, 0.25) is 5.88 Å². The minimum atomic E-state index is -2.65. The molecule has 6 heteroatoms. The van der Waals surface area contributed by atoms with E-state index in [9.17, 15) is 13.6 Å². The standard InChI is InChI=1S/C11H11F2NO3/c12-9(13)5-17-10-7(11(15)16)4-6-2-1-3-8(6)14-10/h4,9H,1-3,5H2,(H,15,16). The van der Waals surface area contributed by atoms with Gasteiger partial charge in [0.15, 0.2) is 6.61 Å². The molecule has 0 saturated heterocycles. The van der Waals surface area contributed by atoms with E-state index in [0.29, 0.717) is 0 Å². The summed E-state index contributed by atoms with van der Waals surface area (Å²) in [5.74, 6) is -1.42. The lowest BCUT2D eigenvalue weighted by atomic mass is 10.1. The van der Waals surface area contributed by atoms with Gasteiger partial charge in [-0.25, -0.2) is 18.6 Å². The lowest BCUT2D eigenvalue weighted by Gasteiger charge is -2.09. The molecule has 0 aromatic carbocycles. The predicted octanol–water partition coefficient (Wildman–Crippen LogP) is 1.91. The Labute approximate surface area is 96.2 Å². The van der Waals surface area contributed by atoms with Crippen LogP contribution in [0.1, 0.15) is 28.0 Å². The smallest absolute Gasteiger partial charge is 0.341 e. The Morgan fingerprint density at radius 2 is 2.29 bits per heavy atom. The molecule has 1 aromatic heterocycles. The third-order valence-corrected chi connectivity index (χ3v) is 2.59. The van der Waals surface area contributed by atoms with E-state index in [2.05, 4.69) is 4.98 Å². The van der Waals surface area contributed by atoms with E-state index in [1.807, 2.05) is 0 Å². The Hall–Kier alpha value is -1.72. The molecule has 0 fully saturated rings. The van der Waals surface area contributed by atoms with Gasteiger partial charge in [-0.2, -0.15) is 0 Å². The zero-order chi connectivity index (χ0) is 12.4. The summed E-state index contributed by atoms with van der Waals surface area (Å²) in [5, 5.41) is 8.95. The number of hydrogen-bond donors (Lipinski definition) is 1. The fourth-order valence-corrected chi connectivity index (χ4v) is 1.86. The summed E-state index contributed by atoms with van der Waals surface area (Å²) in [7, 11) is 0. The molecule has 0 bridgehead atoms. The molecule has 17 heavy (non-hydrogen) atoms. The molecule has 1 aliphatic rings. The Bertz CT molecular complexity index is 449. The molecule has 0 aliphatic heterocycles. The first kappa shape index (κ1) is 11.8. The molecule has 2 rings (SSSR count). The van der Waals surface area contributed by atoms with Gasteiger partial charge in [0.1, 0.15) is 5.56 Å². The summed E-state index contributed by atoms with van der Waals surface area (Å²) in [6, 6.07) is 1.47. The second-order valence-corrected chi connectivity index (χ2v) is 3.81. The van der Waals surface area contributed by atoms with Crippen molar-refractivity contribution in [1.29, 1.82) is 0 Å². The molecule has 1 aliphatic carbocycles. The molecular weight excluding hydrogens is 232 g/mol. The molecule has 92 valence electrons. The Kier molecular flexibility index (Phi) is 3.21. The highest BCUT2D eigenvalue weighted by Crippen LogP contribution is 2.26. The maximum Gasteiger partial charge on any atom is 0.341 e. The van der Waals surface area contributed by atoms with E-state index < -0.39 is 19.0 Å². The van der Waals surface area contributed by atoms with Crippen molar-refractivity contribution in [3.05, 3.63) is 22.9 Å². The maximum absolute atomic E-state index is 12.0. The third-order valence-electron chi connectivity index (χ3n) is 2.59. The zero-order valence-electron chi connectivity index (χ0n) is 8.95. The number of fused-ring (bicyclic) bond motifs is 1. The number of aromatic carboxylic acids is 1. The van der Waals surface area contributed by atoms with Crippen LogP contribution >= 0.6 is 0 Å². The van der Waals surface area contributed by atoms with Crippen molar-refractivity contribution < 1.29 is 23.4 Å². The first-order chi connectivity index (χ1) is 8.08. The van der Waals surface area contributed by atoms with E-state index >= 15 is 0 Å². The molecule has 0 unspecified atom stereocenters. The van der Waals surface area contributed by atoms with Crippen LogP contribution in [0.25, 0.3) is 0 Å². The number of alkyl halides is 2. The predicted molar refractivity (Wildman–Crippen MR) is 54.7 cm³/mol. The highest BCUT2D eigenvalue weighted by Gasteiger charge is 2.21. The first-order valence-corrected chi connectivity index (χ1v) is 5.25. The van der Waals surface area contributed by atoms with Gasteiger partial charge in [-0.3, -0.25) is 0 Å². The van der Waals surface area contributed by atoms with Crippen LogP contribution in [0.15, 0.2) is 6.07 Å². The van der Waals surface area contributed by atoms with Crippen molar-refractivity contribution in [3.63, 3.8) is 0 Å². The van der Waals surface area contributed by atoms with Gasteiger partial charge in [-0.15, -0.1) is 0 Å². The van der Waals surface area contributed by atoms with E-state index in [0.717, 1.165) is 30.5 Å². The molecule has 1 heterocycles. The van der Waals surface area contributed by atoms with Crippen molar-refractivity contribution in [2.45, 2.75) is 25.7 Å². The minimum absolute atomic E-state index is 0.147. The number of halogens is 2. The van der Waals surface area contributed by atoms with Crippen molar-refractivity contribution in [2.75, 3.05) is 6.61 Å². The Morgan fingerprint density at radius 1 is 1.53 bits per heavy atom. The topological polar surface area (TPSA) is 59.4 Å². The molecule has 0 spiro atoms. The van der Waals surface area contributed by atoms with Crippen LogP contribution in [-0.2, 0) is 12.8 Å². The molecule has 0 radical (unpaired) electrons. The van der Waals surface area contributed by atoms with Crippen LogP contribution in [0.2, 0.25) is 0 Å². The molecular formula is C11H11F2NO3. The van der Waals surface area contributed by atoms with Crippen LogP contribution < -0.4 is 4.74 Å². The highest BCUT2D eigenvalue weighted by atomic mass is 19.3. The average molecular weight is 243 g/mol. The highest BCUT2D eigenvalue weighted by molar-refractivity contribution is 5.90. The van der Waals surface area contributed by atoms with Crippen molar-refractivity contribution >= 4 is 5.97 Å². The lowest BCUT2D eigenvalue weighted by Crippen LogP contribution is -2.12. The molecule has 0 amide bonds. The number of pyridine rings is 1. The van der Waals surface area contributed by atoms with Crippen LogP contribution in [-0.4, -0.2) is 29.1 Å². The Balaban J connectivity index is 2.31. The second-order valence-electron chi connectivity index (χ2n) is 3.81. The van der Waals surface area contributed by atoms with Gasteiger partial charge in [-0.05, 0) is 30.9 Å². The fraction of sp³-hybridized carbons (Fsp3) is 0.455. The summed E-state index contributed by atoms with van der Waals surface area (Å²) in [6.45, 7) is -0.841. The molecule has 0 atom stereocenters. The quantitative estimate of drug-likeness (QED) is 0.877.